The number of anilines is 1. The molecule has 0 aliphatic heterocycles. The molecule has 0 amide bonds. The van der Waals surface area contributed by atoms with Crippen LogP contribution < -0.4 is 5.73 Å². The van der Waals surface area contributed by atoms with Gasteiger partial charge in [0.25, 0.3) is 0 Å². The van der Waals surface area contributed by atoms with E-state index in [-0.39, 0.29) is 0 Å². The Morgan fingerprint density at radius 1 is 1.40 bits per heavy atom. The Hall–Kier alpha value is -1.70. The first kappa shape index (κ1) is 8.60. The Labute approximate surface area is 88.8 Å². The molecule has 1 aromatic heterocycles. The lowest BCUT2D eigenvalue weighted by Gasteiger charge is -2.12. The predicted octanol–water partition coefficient (Wildman–Crippen LogP) is 3.27. The number of nitrogens with one attached hydrogen (secondary N) is 1. The Morgan fingerprint density at radius 3 is 3.13 bits per heavy atom. The highest BCUT2D eigenvalue weighted by Crippen LogP contribution is 2.35. The van der Waals surface area contributed by atoms with Gasteiger partial charge in [-0.3, -0.25) is 0 Å². The maximum atomic E-state index is 5.96. The molecule has 15 heavy (non-hydrogen) atoms. The second-order valence-electron chi connectivity index (χ2n) is 4.26. The van der Waals surface area contributed by atoms with Crippen LogP contribution in [0.3, 0.4) is 0 Å². The van der Waals surface area contributed by atoms with Gasteiger partial charge in [0.05, 0.1) is 11.2 Å². The van der Waals surface area contributed by atoms with E-state index in [1.165, 1.54) is 16.6 Å². The molecule has 0 saturated heterocycles. The Bertz CT molecular complexity index is 549. The van der Waals surface area contributed by atoms with Crippen LogP contribution in [0.5, 0.6) is 0 Å². The van der Waals surface area contributed by atoms with Crippen molar-refractivity contribution < 1.29 is 0 Å². The minimum atomic E-state index is 0.566. The first-order chi connectivity index (χ1) is 7.27. The van der Waals surface area contributed by atoms with E-state index in [1.807, 2.05) is 12.1 Å². The lowest BCUT2D eigenvalue weighted by Crippen LogP contribution is -1.98. The van der Waals surface area contributed by atoms with Crippen LogP contribution in [-0.2, 0) is 0 Å². The number of fused-ring (bicyclic) bond motifs is 3. The summed E-state index contributed by atoms with van der Waals surface area (Å²) in [6.45, 7) is 2.24. The molecule has 1 heterocycles. The van der Waals surface area contributed by atoms with E-state index in [4.69, 9.17) is 5.73 Å². The lowest BCUT2D eigenvalue weighted by atomic mass is 9.93. The standard InChI is InChI=1S/C13H14N2/c1-8-4-2-5-9-10-6-3-7-11(14)13(10)15-12(8)9/h2-3,5-8,15H,4,14H2,1H3. The smallest absolute Gasteiger partial charge is 0.0696 e. The topological polar surface area (TPSA) is 41.8 Å². The van der Waals surface area contributed by atoms with Gasteiger partial charge in [-0.15, -0.1) is 0 Å². The summed E-state index contributed by atoms with van der Waals surface area (Å²) in [5, 5.41) is 1.24. The Balaban J connectivity index is 2.41. The van der Waals surface area contributed by atoms with E-state index in [0.29, 0.717) is 5.92 Å². The maximum Gasteiger partial charge on any atom is 0.0696 e. The van der Waals surface area contributed by atoms with Crippen molar-refractivity contribution in [3.05, 3.63) is 35.5 Å². The molecule has 2 aromatic rings. The molecule has 2 nitrogen and oxygen atoms in total. The highest BCUT2D eigenvalue weighted by molar-refractivity contribution is 5.97. The highest BCUT2D eigenvalue weighted by atomic mass is 14.8. The molecule has 1 atom stereocenters. The minimum absolute atomic E-state index is 0.566. The van der Waals surface area contributed by atoms with Crippen molar-refractivity contribution in [1.82, 2.24) is 4.98 Å². The van der Waals surface area contributed by atoms with Crippen LogP contribution in [0.4, 0.5) is 5.69 Å². The third-order valence-corrected chi connectivity index (χ3v) is 3.20. The van der Waals surface area contributed by atoms with Crippen LogP contribution in [0, 0.1) is 0 Å². The Morgan fingerprint density at radius 2 is 2.27 bits per heavy atom. The number of H-pyrrole nitrogens is 1. The molecule has 3 N–H and O–H groups in total. The molecule has 76 valence electrons. The van der Waals surface area contributed by atoms with Gasteiger partial charge in [0.1, 0.15) is 0 Å². The average molecular weight is 198 g/mol. The third kappa shape index (κ3) is 1.11. The van der Waals surface area contributed by atoms with Crippen molar-refractivity contribution in [2.24, 2.45) is 0 Å². The highest BCUT2D eigenvalue weighted by Gasteiger charge is 2.17. The number of aromatic nitrogens is 1. The predicted molar refractivity (Wildman–Crippen MR) is 64.8 cm³/mol. The molecule has 0 fully saturated rings. The van der Waals surface area contributed by atoms with Crippen LogP contribution in [0.1, 0.15) is 30.5 Å². The van der Waals surface area contributed by atoms with E-state index in [2.05, 4.69) is 30.1 Å². The van der Waals surface area contributed by atoms with Gasteiger partial charge < -0.3 is 10.7 Å². The van der Waals surface area contributed by atoms with Gasteiger partial charge in [0.15, 0.2) is 0 Å². The second-order valence-corrected chi connectivity index (χ2v) is 4.26. The van der Waals surface area contributed by atoms with Crippen LogP contribution in [0.2, 0.25) is 0 Å². The molecular formula is C13H14N2. The number of nitrogens with two attached hydrogens (primary N) is 1. The lowest BCUT2D eigenvalue weighted by molar-refractivity contribution is 0.750. The van der Waals surface area contributed by atoms with Crippen molar-refractivity contribution in [3.63, 3.8) is 0 Å². The van der Waals surface area contributed by atoms with E-state index in [1.54, 1.807) is 0 Å². The first-order valence-corrected chi connectivity index (χ1v) is 5.34. The van der Waals surface area contributed by atoms with Crippen molar-refractivity contribution >= 4 is 22.7 Å². The number of nitrogen functional groups attached to an aromatic ring is 1. The number of aromatic amines is 1. The largest absolute Gasteiger partial charge is 0.397 e. The first-order valence-electron chi connectivity index (χ1n) is 5.34. The zero-order valence-corrected chi connectivity index (χ0v) is 8.75. The fourth-order valence-corrected chi connectivity index (χ4v) is 2.36. The van der Waals surface area contributed by atoms with E-state index >= 15 is 0 Å². The molecule has 2 heteroatoms. The minimum Gasteiger partial charge on any atom is -0.397 e. The summed E-state index contributed by atoms with van der Waals surface area (Å²) < 4.78 is 0. The number of benzene rings is 1. The summed E-state index contributed by atoms with van der Waals surface area (Å²) in [6, 6.07) is 6.08. The van der Waals surface area contributed by atoms with Crippen LogP contribution >= 0.6 is 0 Å². The SMILES string of the molecule is CC1CC=Cc2c1[nH]c1c(N)cccc21. The Kier molecular flexibility index (Phi) is 1.66. The zero-order valence-electron chi connectivity index (χ0n) is 8.75. The number of allylic oxidation sites excluding steroid dienone is 1. The van der Waals surface area contributed by atoms with Gasteiger partial charge >= 0.3 is 0 Å². The molecule has 0 spiro atoms. The fourth-order valence-electron chi connectivity index (χ4n) is 2.36. The fraction of sp³-hybridized carbons (Fsp3) is 0.231. The summed E-state index contributed by atoms with van der Waals surface area (Å²) >= 11 is 0. The van der Waals surface area contributed by atoms with Crippen LogP contribution in [-0.4, -0.2) is 4.98 Å². The quantitative estimate of drug-likeness (QED) is 0.627. The maximum absolute atomic E-state index is 5.96. The molecule has 0 bridgehead atoms. The third-order valence-electron chi connectivity index (χ3n) is 3.20. The van der Waals surface area contributed by atoms with Gasteiger partial charge in [0.2, 0.25) is 0 Å². The van der Waals surface area contributed by atoms with Crippen molar-refractivity contribution in [3.8, 4) is 0 Å². The molecule has 1 aromatic carbocycles. The number of hydrogen-bond acceptors (Lipinski definition) is 1. The number of rotatable bonds is 0. The average Bonchev–Trinajstić information content (AvgIpc) is 2.60. The van der Waals surface area contributed by atoms with Crippen molar-refractivity contribution in [1.29, 1.82) is 0 Å². The summed E-state index contributed by atoms with van der Waals surface area (Å²) in [4.78, 5) is 3.46. The molecule has 0 saturated carbocycles. The summed E-state index contributed by atoms with van der Waals surface area (Å²) in [5.74, 6) is 0.566. The number of hydrogen-bond donors (Lipinski definition) is 2. The van der Waals surface area contributed by atoms with Gasteiger partial charge in [-0.05, 0) is 12.5 Å². The number of para-hydroxylation sites is 1. The molecule has 3 rings (SSSR count). The van der Waals surface area contributed by atoms with Crippen molar-refractivity contribution in [2.75, 3.05) is 5.73 Å². The van der Waals surface area contributed by atoms with Gasteiger partial charge in [-0.1, -0.05) is 31.2 Å². The van der Waals surface area contributed by atoms with Gasteiger partial charge in [-0.25, -0.2) is 0 Å². The van der Waals surface area contributed by atoms with E-state index < -0.39 is 0 Å². The summed E-state index contributed by atoms with van der Waals surface area (Å²) in [6.07, 6.45) is 5.55. The van der Waals surface area contributed by atoms with Crippen molar-refractivity contribution in [2.45, 2.75) is 19.3 Å². The normalized spacial score (nSPS) is 19.4. The van der Waals surface area contributed by atoms with Crippen LogP contribution in [0.25, 0.3) is 17.0 Å². The molecule has 1 unspecified atom stereocenters. The van der Waals surface area contributed by atoms with E-state index in [0.717, 1.165) is 17.6 Å². The van der Waals surface area contributed by atoms with Gasteiger partial charge in [-0.2, -0.15) is 0 Å². The summed E-state index contributed by atoms with van der Waals surface area (Å²) in [5.41, 5.74) is 10.5. The molecule has 1 aliphatic rings. The summed E-state index contributed by atoms with van der Waals surface area (Å²) in [7, 11) is 0. The monoisotopic (exact) mass is 198 g/mol. The van der Waals surface area contributed by atoms with Crippen LogP contribution in [0.15, 0.2) is 24.3 Å². The molecule has 0 radical (unpaired) electrons. The molecular weight excluding hydrogens is 184 g/mol. The molecule has 1 aliphatic carbocycles. The van der Waals surface area contributed by atoms with Gasteiger partial charge in [0, 0.05) is 22.6 Å². The second kappa shape index (κ2) is 2.89. The van der Waals surface area contributed by atoms with E-state index in [9.17, 15) is 0 Å². The zero-order chi connectivity index (χ0) is 10.4.